The molecule has 0 bridgehead atoms. The van der Waals surface area contributed by atoms with E-state index < -0.39 is 18.0 Å². The summed E-state index contributed by atoms with van der Waals surface area (Å²) in [6, 6.07) is 5.83. The van der Waals surface area contributed by atoms with E-state index in [9.17, 15) is 14.4 Å². The number of carbonyl (C=O) groups excluding carboxylic acids is 2. The van der Waals surface area contributed by atoms with Gasteiger partial charge < -0.3 is 9.84 Å². The molecule has 17 heavy (non-hydrogen) atoms. The molecule has 0 aromatic heterocycles. The van der Waals surface area contributed by atoms with Gasteiger partial charge in [0.1, 0.15) is 0 Å². The molecular weight excluding hydrogens is 226 g/mol. The van der Waals surface area contributed by atoms with E-state index in [4.69, 9.17) is 5.11 Å². The number of nitrogens with zero attached hydrogens (tertiary/aromatic N) is 1. The third-order valence-corrected chi connectivity index (χ3v) is 2.06. The summed E-state index contributed by atoms with van der Waals surface area (Å²) < 4.78 is 4.52. The van der Waals surface area contributed by atoms with Crippen molar-refractivity contribution in [3.05, 3.63) is 29.8 Å². The number of anilines is 1. The van der Waals surface area contributed by atoms with E-state index in [2.05, 4.69) is 4.74 Å². The maximum absolute atomic E-state index is 11.4. The zero-order valence-corrected chi connectivity index (χ0v) is 9.34. The third kappa shape index (κ3) is 2.60. The summed E-state index contributed by atoms with van der Waals surface area (Å²) in [6.07, 6.45) is -1.45. The zero-order chi connectivity index (χ0) is 13.0. The van der Waals surface area contributed by atoms with Crippen LogP contribution in [0, 0.1) is 0 Å². The number of imide groups is 1. The molecule has 6 nitrogen and oxygen atoms in total. The fourth-order valence-corrected chi connectivity index (χ4v) is 1.36. The molecule has 0 aliphatic carbocycles. The molecule has 0 unspecified atom stereocenters. The van der Waals surface area contributed by atoms with Gasteiger partial charge in [-0.05, 0) is 12.1 Å². The van der Waals surface area contributed by atoms with E-state index in [1.165, 1.54) is 25.3 Å². The maximum Gasteiger partial charge on any atom is 0.418 e. The Hall–Kier alpha value is -2.37. The van der Waals surface area contributed by atoms with Crippen LogP contribution >= 0.6 is 0 Å². The molecule has 0 atom stereocenters. The van der Waals surface area contributed by atoms with Crippen LogP contribution in [0.1, 0.15) is 17.3 Å². The second kappa shape index (κ2) is 5.11. The predicted octanol–water partition coefficient (Wildman–Crippen LogP) is 1.50. The summed E-state index contributed by atoms with van der Waals surface area (Å²) >= 11 is 0. The first-order chi connectivity index (χ1) is 7.99. The van der Waals surface area contributed by atoms with Crippen LogP contribution in [0.15, 0.2) is 24.3 Å². The number of rotatable bonds is 2. The van der Waals surface area contributed by atoms with Gasteiger partial charge in [-0.3, -0.25) is 4.79 Å². The average Bonchev–Trinajstić information content (AvgIpc) is 2.28. The molecule has 0 radical (unpaired) electrons. The minimum atomic E-state index is -1.45. The Bertz CT molecular complexity index is 455. The first-order valence-electron chi connectivity index (χ1n) is 4.70. The van der Waals surface area contributed by atoms with Crippen molar-refractivity contribution in [1.29, 1.82) is 0 Å². The van der Waals surface area contributed by atoms with Crippen LogP contribution in [0.5, 0.6) is 0 Å². The van der Waals surface area contributed by atoms with Crippen molar-refractivity contribution in [1.82, 2.24) is 0 Å². The molecule has 0 spiro atoms. The van der Waals surface area contributed by atoms with E-state index in [1.807, 2.05) is 0 Å². The third-order valence-electron chi connectivity index (χ3n) is 2.06. The largest absolute Gasteiger partial charge is 0.465 e. The van der Waals surface area contributed by atoms with E-state index in [0.29, 0.717) is 4.90 Å². The number of hydrogen-bond acceptors (Lipinski definition) is 4. The van der Waals surface area contributed by atoms with Gasteiger partial charge in [0, 0.05) is 6.92 Å². The quantitative estimate of drug-likeness (QED) is 0.788. The Morgan fingerprint density at radius 3 is 2.29 bits per heavy atom. The minimum absolute atomic E-state index is 0.0145. The standard InChI is InChI=1S/C11H11NO5/c1-7(13)12(11(15)16)9-6-4-3-5-8(9)10(14)17-2/h3-6H,1-2H3,(H,15,16). The number of esters is 1. The summed E-state index contributed by atoms with van der Waals surface area (Å²) in [4.78, 5) is 34.1. The molecule has 0 aliphatic rings. The van der Waals surface area contributed by atoms with Crippen LogP contribution < -0.4 is 4.90 Å². The first kappa shape index (κ1) is 12.7. The molecule has 0 saturated carbocycles. The van der Waals surface area contributed by atoms with Gasteiger partial charge in [0.05, 0.1) is 18.4 Å². The zero-order valence-electron chi connectivity index (χ0n) is 9.34. The second-order valence-corrected chi connectivity index (χ2v) is 3.15. The van der Waals surface area contributed by atoms with Crippen LogP contribution in [-0.4, -0.2) is 30.2 Å². The lowest BCUT2D eigenvalue weighted by molar-refractivity contribution is -0.116. The Labute approximate surface area is 97.4 Å². The highest BCUT2D eigenvalue weighted by molar-refractivity contribution is 6.14. The lowest BCUT2D eigenvalue weighted by Crippen LogP contribution is -2.35. The highest BCUT2D eigenvalue weighted by atomic mass is 16.5. The number of hydrogen-bond donors (Lipinski definition) is 1. The number of amides is 2. The fraction of sp³-hybridized carbons (Fsp3) is 0.182. The van der Waals surface area contributed by atoms with Gasteiger partial charge in [-0.1, -0.05) is 12.1 Å². The van der Waals surface area contributed by atoms with Gasteiger partial charge in [0.15, 0.2) is 0 Å². The summed E-state index contributed by atoms with van der Waals surface area (Å²) in [5, 5.41) is 8.93. The van der Waals surface area contributed by atoms with E-state index in [-0.39, 0.29) is 11.3 Å². The maximum atomic E-state index is 11.4. The molecule has 90 valence electrons. The Kier molecular flexibility index (Phi) is 3.82. The molecule has 0 aliphatic heterocycles. The summed E-state index contributed by atoms with van der Waals surface area (Å²) in [5.41, 5.74) is 0.00644. The molecule has 1 N–H and O–H groups in total. The predicted molar refractivity (Wildman–Crippen MR) is 59.0 cm³/mol. The van der Waals surface area contributed by atoms with Crippen molar-refractivity contribution in [2.45, 2.75) is 6.92 Å². The number of carbonyl (C=O) groups is 3. The van der Waals surface area contributed by atoms with Crippen molar-refractivity contribution in [2.75, 3.05) is 12.0 Å². The number of methoxy groups -OCH3 is 1. The monoisotopic (exact) mass is 237 g/mol. The lowest BCUT2D eigenvalue weighted by Gasteiger charge is -2.17. The summed E-state index contributed by atoms with van der Waals surface area (Å²) in [6.45, 7) is 1.10. The first-order valence-corrected chi connectivity index (χ1v) is 4.70. The average molecular weight is 237 g/mol. The van der Waals surface area contributed by atoms with Gasteiger partial charge in [-0.2, -0.15) is 0 Å². The molecule has 0 heterocycles. The molecular formula is C11H11NO5. The van der Waals surface area contributed by atoms with Gasteiger partial charge >= 0.3 is 12.1 Å². The smallest absolute Gasteiger partial charge is 0.418 e. The van der Waals surface area contributed by atoms with Crippen molar-refractivity contribution in [3.63, 3.8) is 0 Å². The van der Waals surface area contributed by atoms with Gasteiger partial charge in [0.2, 0.25) is 5.91 Å². The number of ether oxygens (including phenoxy) is 1. The summed E-state index contributed by atoms with van der Waals surface area (Å²) in [5.74, 6) is -1.40. The number of para-hydroxylation sites is 1. The van der Waals surface area contributed by atoms with Gasteiger partial charge in [-0.25, -0.2) is 14.5 Å². The van der Waals surface area contributed by atoms with E-state index in [1.54, 1.807) is 6.07 Å². The molecule has 6 heteroatoms. The highest BCUT2D eigenvalue weighted by Gasteiger charge is 2.24. The van der Waals surface area contributed by atoms with Crippen LogP contribution in [-0.2, 0) is 9.53 Å². The fourth-order valence-electron chi connectivity index (χ4n) is 1.36. The van der Waals surface area contributed by atoms with E-state index in [0.717, 1.165) is 6.92 Å². The molecule has 1 aromatic carbocycles. The topological polar surface area (TPSA) is 83.9 Å². The van der Waals surface area contributed by atoms with Crippen LogP contribution in [0.4, 0.5) is 10.5 Å². The highest BCUT2D eigenvalue weighted by Crippen LogP contribution is 2.21. The normalized spacial score (nSPS) is 9.53. The van der Waals surface area contributed by atoms with Crippen LogP contribution in [0.3, 0.4) is 0 Å². The molecule has 1 aromatic rings. The molecule has 0 fully saturated rings. The summed E-state index contributed by atoms with van der Waals surface area (Å²) in [7, 11) is 1.18. The van der Waals surface area contributed by atoms with Crippen molar-refractivity contribution >= 4 is 23.7 Å². The van der Waals surface area contributed by atoms with Gasteiger partial charge in [0.25, 0.3) is 0 Å². The van der Waals surface area contributed by atoms with Crippen LogP contribution in [0.25, 0.3) is 0 Å². The number of carboxylic acid groups (broad SMARTS) is 1. The molecule has 1 rings (SSSR count). The van der Waals surface area contributed by atoms with Crippen molar-refractivity contribution in [2.24, 2.45) is 0 Å². The second-order valence-electron chi connectivity index (χ2n) is 3.15. The molecule has 2 amide bonds. The van der Waals surface area contributed by atoms with Crippen LogP contribution in [0.2, 0.25) is 0 Å². The van der Waals surface area contributed by atoms with Gasteiger partial charge in [-0.15, -0.1) is 0 Å². The minimum Gasteiger partial charge on any atom is -0.465 e. The lowest BCUT2D eigenvalue weighted by atomic mass is 10.1. The Morgan fingerprint density at radius 2 is 1.82 bits per heavy atom. The van der Waals surface area contributed by atoms with Crippen molar-refractivity contribution in [3.8, 4) is 0 Å². The SMILES string of the molecule is COC(=O)c1ccccc1N(C(C)=O)C(=O)O. The Morgan fingerprint density at radius 1 is 1.24 bits per heavy atom. The Balaban J connectivity index is 3.33. The van der Waals surface area contributed by atoms with E-state index >= 15 is 0 Å². The molecule has 0 saturated heterocycles. The van der Waals surface area contributed by atoms with Crippen molar-refractivity contribution < 1.29 is 24.2 Å². The number of benzene rings is 1.